The zero-order valence-corrected chi connectivity index (χ0v) is 12.3. The van der Waals surface area contributed by atoms with E-state index in [2.05, 4.69) is 10.6 Å². The first-order valence-corrected chi connectivity index (χ1v) is 7.05. The Labute approximate surface area is 132 Å². The number of carbonyl (C=O) groups excluding carboxylic acids is 1. The third-order valence-corrected chi connectivity index (χ3v) is 3.48. The third-order valence-electron chi connectivity index (χ3n) is 3.24. The smallest absolute Gasteiger partial charge is 0.323 e. The summed E-state index contributed by atoms with van der Waals surface area (Å²) in [6.45, 7) is 0. The SMILES string of the molecule is O=C(Nc1cc(Cl)ccc1O)Nc1cccc2ccccc12. The highest BCUT2D eigenvalue weighted by atomic mass is 35.5. The van der Waals surface area contributed by atoms with Gasteiger partial charge in [0.2, 0.25) is 0 Å². The van der Waals surface area contributed by atoms with Crippen LogP contribution >= 0.6 is 11.6 Å². The van der Waals surface area contributed by atoms with Crippen molar-refractivity contribution in [2.75, 3.05) is 10.6 Å². The number of halogens is 1. The molecular weight excluding hydrogens is 300 g/mol. The predicted molar refractivity (Wildman–Crippen MR) is 89.7 cm³/mol. The van der Waals surface area contributed by atoms with Gasteiger partial charge >= 0.3 is 6.03 Å². The number of urea groups is 1. The molecule has 0 radical (unpaired) electrons. The number of hydrogen-bond acceptors (Lipinski definition) is 2. The van der Waals surface area contributed by atoms with Gasteiger partial charge in [-0.2, -0.15) is 0 Å². The van der Waals surface area contributed by atoms with Gasteiger partial charge in [-0.05, 0) is 29.7 Å². The fourth-order valence-corrected chi connectivity index (χ4v) is 2.39. The number of benzene rings is 3. The predicted octanol–water partition coefficient (Wildman–Crippen LogP) is 4.84. The van der Waals surface area contributed by atoms with E-state index in [1.807, 2.05) is 42.5 Å². The van der Waals surface area contributed by atoms with Crippen molar-refractivity contribution in [1.29, 1.82) is 0 Å². The van der Waals surface area contributed by atoms with Gasteiger partial charge in [0.25, 0.3) is 0 Å². The molecule has 3 aromatic rings. The number of hydrogen-bond donors (Lipinski definition) is 3. The molecule has 0 bridgehead atoms. The minimum absolute atomic E-state index is 0.0440. The van der Waals surface area contributed by atoms with Crippen molar-refractivity contribution in [3.8, 4) is 5.75 Å². The number of aromatic hydroxyl groups is 1. The lowest BCUT2D eigenvalue weighted by Gasteiger charge is -2.11. The second kappa shape index (κ2) is 5.95. The normalized spacial score (nSPS) is 10.4. The molecule has 3 aromatic carbocycles. The van der Waals surface area contributed by atoms with Crippen molar-refractivity contribution in [1.82, 2.24) is 0 Å². The van der Waals surface area contributed by atoms with Crippen LogP contribution in [0.4, 0.5) is 16.2 Å². The molecule has 22 heavy (non-hydrogen) atoms. The molecule has 5 heteroatoms. The molecule has 0 unspecified atom stereocenters. The van der Waals surface area contributed by atoms with Gasteiger partial charge in [0.05, 0.1) is 11.4 Å². The molecule has 0 atom stereocenters. The molecule has 110 valence electrons. The van der Waals surface area contributed by atoms with Gasteiger partial charge in [0.15, 0.2) is 0 Å². The lowest BCUT2D eigenvalue weighted by molar-refractivity contribution is 0.262. The summed E-state index contributed by atoms with van der Waals surface area (Å²) < 4.78 is 0. The number of phenols is 1. The summed E-state index contributed by atoms with van der Waals surface area (Å²) >= 11 is 5.86. The highest BCUT2D eigenvalue weighted by Gasteiger charge is 2.08. The lowest BCUT2D eigenvalue weighted by Crippen LogP contribution is -2.19. The monoisotopic (exact) mass is 312 g/mol. The third kappa shape index (κ3) is 2.97. The molecule has 0 spiro atoms. The Bertz CT molecular complexity index is 844. The largest absolute Gasteiger partial charge is 0.506 e. The number of rotatable bonds is 2. The summed E-state index contributed by atoms with van der Waals surface area (Å²) in [6, 6.07) is 17.4. The number of fused-ring (bicyclic) bond motifs is 1. The van der Waals surface area contributed by atoms with Crippen LogP contribution in [0.15, 0.2) is 60.7 Å². The molecule has 0 saturated carbocycles. The molecule has 0 aliphatic carbocycles. The zero-order chi connectivity index (χ0) is 15.5. The van der Waals surface area contributed by atoms with E-state index in [1.54, 1.807) is 6.07 Å². The Balaban J connectivity index is 1.83. The van der Waals surface area contributed by atoms with Crippen molar-refractivity contribution >= 4 is 39.8 Å². The maximum absolute atomic E-state index is 12.1. The Morgan fingerprint density at radius 2 is 1.64 bits per heavy atom. The minimum Gasteiger partial charge on any atom is -0.506 e. The molecule has 4 nitrogen and oxygen atoms in total. The van der Waals surface area contributed by atoms with E-state index in [-0.39, 0.29) is 11.4 Å². The Morgan fingerprint density at radius 1 is 0.909 bits per heavy atom. The Kier molecular flexibility index (Phi) is 3.85. The van der Waals surface area contributed by atoms with E-state index in [4.69, 9.17) is 11.6 Å². The van der Waals surface area contributed by atoms with Crippen molar-refractivity contribution in [2.45, 2.75) is 0 Å². The lowest BCUT2D eigenvalue weighted by atomic mass is 10.1. The highest BCUT2D eigenvalue weighted by Crippen LogP contribution is 2.27. The quantitative estimate of drug-likeness (QED) is 0.593. The Morgan fingerprint density at radius 3 is 2.50 bits per heavy atom. The molecule has 0 fully saturated rings. The van der Waals surface area contributed by atoms with Gasteiger partial charge in [-0.15, -0.1) is 0 Å². The molecule has 0 aromatic heterocycles. The fourth-order valence-electron chi connectivity index (χ4n) is 2.22. The van der Waals surface area contributed by atoms with Crippen LogP contribution in [0.1, 0.15) is 0 Å². The first-order chi connectivity index (χ1) is 10.6. The van der Waals surface area contributed by atoms with Gasteiger partial charge in [-0.1, -0.05) is 48.0 Å². The number of nitrogens with one attached hydrogen (secondary N) is 2. The summed E-state index contributed by atoms with van der Waals surface area (Å²) in [5.74, 6) is -0.0440. The van der Waals surface area contributed by atoms with E-state index in [1.165, 1.54) is 12.1 Å². The van der Waals surface area contributed by atoms with Gasteiger partial charge in [0, 0.05) is 10.4 Å². The van der Waals surface area contributed by atoms with E-state index in [0.29, 0.717) is 10.7 Å². The van der Waals surface area contributed by atoms with Gasteiger partial charge in [-0.3, -0.25) is 0 Å². The van der Waals surface area contributed by atoms with Crippen LogP contribution in [-0.2, 0) is 0 Å². The number of amides is 2. The molecule has 0 saturated heterocycles. The topological polar surface area (TPSA) is 61.4 Å². The summed E-state index contributed by atoms with van der Waals surface area (Å²) in [5, 5.41) is 17.5. The number of anilines is 2. The summed E-state index contributed by atoms with van der Waals surface area (Å²) in [4.78, 5) is 12.1. The van der Waals surface area contributed by atoms with Gasteiger partial charge in [0.1, 0.15) is 5.75 Å². The first-order valence-electron chi connectivity index (χ1n) is 6.68. The number of phenolic OH excluding ortho intramolecular Hbond substituents is 1. The van der Waals surface area contributed by atoms with Crippen LogP contribution in [0.2, 0.25) is 5.02 Å². The molecular formula is C17H13ClN2O2. The van der Waals surface area contributed by atoms with E-state index in [0.717, 1.165) is 10.8 Å². The second-order valence-electron chi connectivity index (χ2n) is 4.77. The highest BCUT2D eigenvalue weighted by molar-refractivity contribution is 6.31. The van der Waals surface area contributed by atoms with Crippen LogP contribution in [0.3, 0.4) is 0 Å². The average molecular weight is 313 g/mol. The standard InChI is InChI=1S/C17H13ClN2O2/c18-12-8-9-16(21)15(10-12)20-17(22)19-14-7-3-5-11-4-1-2-6-13(11)14/h1-10,21H,(H2,19,20,22). The molecule has 0 aliphatic rings. The van der Waals surface area contributed by atoms with Crippen molar-refractivity contribution < 1.29 is 9.90 Å². The minimum atomic E-state index is -0.450. The van der Waals surface area contributed by atoms with Crippen LogP contribution in [0.25, 0.3) is 10.8 Å². The van der Waals surface area contributed by atoms with Gasteiger partial charge in [-0.25, -0.2) is 4.79 Å². The van der Waals surface area contributed by atoms with Crippen LogP contribution in [-0.4, -0.2) is 11.1 Å². The van der Waals surface area contributed by atoms with E-state index < -0.39 is 6.03 Å². The fraction of sp³-hybridized carbons (Fsp3) is 0. The summed E-state index contributed by atoms with van der Waals surface area (Å²) in [5.41, 5.74) is 0.947. The zero-order valence-electron chi connectivity index (χ0n) is 11.5. The summed E-state index contributed by atoms with van der Waals surface area (Å²) in [6.07, 6.45) is 0. The van der Waals surface area contributed by atoms with Crippen LogP contribution in [0, 0.1) is 0 Å². The Hall–Kier alpha value is -2.72. The maximum Gasteiger partial charge on any atom is 0.323 e. The van der Waals surface area contributed by atoms with Gasteiger partial charge < -0.3 is 15.7 Å². The molecule has 0 heterocycles. The molecule has 2 amide bonds. The first kappa shape index (κ1) is 14.2. The number of carbonyl (C=O) groups is 1. The van der Waals surface area contributed by atoms with E-state index in [9.17, 15) is 9.90 Å². The summed E-state index contributed by atoms with van der Waals surface area (Å²) in [7, 11) is 0. The van der Waals surface area contributed by atoms with Crippen LogP contribution in [0.5, 0.6) is 5.75 Å². The average Bonchev–Trinajstić information content (AvgIpc) is 2.51. The van der Waals surface area contributed by atoms with Crippen molar-refractivity contribution in [2.24, 2.45) is 0 Å². The molecule has 3 rings (SSSR count). The molecule has 3 N–H and O–H groups in total. The maximum atomic E-state index is 12.1. The second-order valence-corrected chi connectivity index (χ2v) is 5.20. The van der Waals surface area contributed by atoms with Crippen molar-refractivity contribution in [3.05, 3.63) is 65.7 Å². The van der Waals surface area contributed by atoms with Crippen molar-refractivity contribution in [3.63, 3.8) is 0 Å². The van der Waals surface area contributed by atoms with E-state index >= 15 is 0 Å². The van der Waals surface area contributed by atoms with Crippen LogP contribution < -0.4 is 10.6 Å². The molecule has 0 aliphatic heterocycles.